The van der Waals surface area contributed by atoms with Crippen LogP contribution in [0.15, 0.2) is 294 Å². The number of aromatic nitrogens is 6. The third-order valence-corrected chi connectivity index (χ3v) is 21.8. The third kappa shape index (κ3) is 9.16. The van der Waals surface area contributed by atoms with E-state index in [9.17, 15) is 0 Å². The molecule has 1 aliphatic carbocycles. The molecule has 8 aromatic heterocycles. The molecule has 11 heteroatoms. The van der Waals surface area contributed by atoms with E-state index in [4.69, 9.17) is 30.4 Å². The lowest BCUT2D eigenvalue weighted by Crippen LogP contribution is -2.03. The highest BCUT2D eigenvalue weighted by Gasteiger charge is 2.27. The molecule has 22 rings (SSSR count). The van der Waals surface area contributed by atoms with Crippen molar-refractivity contribution in [2.45, 2.75) is 0 Å². The van der Waals surface area contributed by atoms with Crippen LogP contribution >= 0.6 is 34.3 Å². The predicted molar refractivity (Wildman–Crippen MR) is 416 cm³/mol. The van der Waals surface area contributed by atoms with E-state index in [1.165, 1.54) is 89.1 Å². The molecule has 99 heavy (non-hydrogen) atoms. The van der Waals surface area contributed by atoms with E-state index < -0.39 is 0 Å². The summed E-state index contributed by atoms with van der Waals surface area (Å²) in [6, 6.07) is 97.3. The molecule has 1 aliphatic rings. The average Bonchev–Trinajstić information content (AvgIpc) is 1.54. The highest BCUT2D eigenvalue weighted by atomic mass is 35.5. The molecule has 0 saturated carbocycles. The van der Waals surface area contributed by atoms with Crippen molar-refractivity contribution >= 4 is 185 Å². The van der Waals surface area contributed by atoms with Gasteiger partial charge in [-0.25, -0.2) is 9.97 Å². The molecule has 0 atom stereocenters. The Kier molecular flexibility index (Phi) is 13.2. The van der Waals surface area contributed by atoms with Crippen molar-refractivity contribution in [1.82, 2.24) is 29.5 Å². The second-order valence-electron chi connectivity index (χ2n) is 24.8. The lowest BCUT2D eigenvalue weighted by molar-refractivity contribution is 0.651. The molecule has 0 aliphatic heterocycles. The summed E-state index contributed by atoms with van der Waals surface area (Å²) in [6.45, 7) is 0. The van der Waals surface area contributed by atoms with E-state index in [-0.39, 0.29) is 5.28 Å². The number of benzene rings is 13. The highest BCUT2D eigenvalue weighted by molar-refractivity contribution is 7.27. The third-order valence-electron chi connectivity index (χ3n) is 19.2. The zero-order valence-corrected chi connectivity index (χ0v) is 54.9. The summed E-state index contributed by atoms with van der Waals surface area (Å²) in [4.78, 5) is 23.2. The van der Waals surface area contributed by atoms with Gasteiger partial charge in [0, 0.05) is 95.3 Å². The standard InChI is InChI=1S/C44H25N3OS.C22H13ClN2O.C22H12NS/c1-2-13-26(14-3-1)27-15-12-16-28(25-27)40-38-32-20-7-10-23-35(32)48-43(38)46-44(45-40)47-34-22-9-6-19-31(34)37-29-17-4-5-18-30(29)42-39(41(37)47)33-21-8-11-24-36(33)49-42;23-22-24-20(19-17-11-4-5-12-18(17)26-21(19)25-22)16-10-6-9-15(13-16)14-7-2-1-3-8-14;1-2-8-14-13(7-1)19-15-9-3-5-11-17(15)23-21(19)20-16-10-4-6-12-18(16)24-22(14)20/h1-25H;1-13H;1-4,6-12,23H/q;;+1. The molecule has 0 radical (unpaired) electrons. The molecule has 462 valence electrons. The predicted octanol–water partition coefficient (Wildman–Crippen LogP) is 25.2. The van der Waals surface area contributed by atoms with Crippen molar-refractivity contribution in [3.05, 3.63) is 308 Å². The Labute approximate surface area is 577 Å². The quantitative estimate of drug-likeness (QED) is 0.136. The van der Waals surface area contributed by atoms with E-state index in [1.807, 2.05) is 114 Å². The maximum Gasteiger partial charge on any atom is 0.238 e. The number of hydrogen-bond donors (Lipinski definition) is 1. The molecule has 8 nitrogen and oxygen atoms in total. The minimum absolute atomic E-state index is 0.177. The number of H-pyrrole nitrogens is 1. The van der Waals surface area contributed by atoms with Crippen LogP contribution in [0.1, 0.15) is 11.3 Å². The van der Waals surface area contributed by atoms with Crippen LogP contribution < -0.4 is 0 Å². The first-order valence-corrected chi connectivity index (χ1v) is 34.8. The molecule has 0 fully saturated rings. The first kappa shape index (κ1) is 56.9. The number of para-hydroxylation sites is 3. The Morgan fingerprint density at radius 2 is 0.838 bits per heavy atom. The number of aromatic amines is 1. The minimum Gasteiger partial charge on any atom is -0.438 e. The number of hydrogen-bond acceptors (Lipinski definition) is 8. The second kappa shape index (κ2) is 22.9. The Balaban J connectivity index is 0.000000111. The fraction of sp³-hybridized carbons (Fsp3) is 0. The van der Waals surface area contributed by atoms with E-state index in [0.717, 1.165) is 94.2 Å². The molecule has 0 unspecified atom stereocenters. The molecule has 0 saturated heterocycles. The number of nitrogens with one attached hydrogen (secondary N) is 1. The number of thiophene rings is 2. The van der Waals surface area contributed by atoms with Crippen LogP contribution in [0.5, 0.6) is 0 Å². The molecule has 0 bridgehead atoms. The maximum atomic E-state index is 6.54. The largest absolute Gasteiger partial charge is 0.438 e. The highest BCUT2D eigenvalue weighted by Crippen LogP contribution is 2.50. The van der Waals surface area contributed by atoms with Gasteiger partial charge in [0.1, 0.15) is 28.9 Å². The van der Waals surface area contributed by atoms with Crippen LogP contribution in [0, 0.1) is 6.08 Å². The van der Waals surface area contributed by atoms with Crippen LogP contribution in [-0.2, 0) is 0 Å². The van der Waals surface area contributed by atoms with Gasteiger partial charge in [-0.3, -0.25) is 9.55 Å². The van der Waals surface area contributed by atoms with E-state index >= 15 is 0 Å². The SMILES string of the molecule is Clc1nc(-c2cccc(-c3ccccc3)c2)c2c(n1)oc1ccccc12.[C+]1=Cc2[nH]c3c(c2C=C1)c1ccccc1c1sc2ccccc2c31.c1ccc(-c2cccc(-c3nc(-n4c5ccccc5c5c6ccccc6c6sc7ccccc7c6c54)nc4oc5ccccc5c34)c2)cc1. The Bertz CT molecular complexity index is 6950. The van der Waals surface area contributed by atoms with Gasteiger partial charge in [0.2, 0.25) is 22.7 Å². The maximum absolute atomic E-state index is 6.54. The molecule has 1 N–H and O–H groups in total. The van der Waals surface area contributed by atoms with Gasteiger partial charge in [0.15, 0.2) is 5.69 Å². The summed E-state index contributed by atoms with van der Waals surface area (Å²) in [6.07, 6.45) is 9.41. The molecular formula is C88H50ClN6O2S2+. The monoisotopic (exact) mass is 1320 g/mol. The van der Waals surface area contributed by atoms with E-state index in [1.54, 1.807) is 0 Å². The van der Waals surface area contributed by atoms with Crippen molar-refractivity contribution in [3.8, 4) is 50.7 Å². The summed E-state index contributed by atoms with van der Waals surface area (Å²) in [7, 11) is 0. The van der Waals surface area contributed by atoms with Gasteiger partial charge in [-0.1, -0.05) is 237 Å². The Morgan fingerprint density at radius 1 is 0.374 bits per heavy atom. The molecule has 0 amide bonds. The minimum atomic E-state index is 0.177. The van der Waals surface area contributed by atoms with Gasteiger partial charge in [0.05, 0.1) is 44.8 Å². The summed E-state index contributed by atoms with van der Waals surface area (Å²) >= 11 is 9.92. The average molecular weight is 1320 g/mol. The van der Waals surface area contributed by atoms with E-state index in [2.05, 4.69) is 232 Å². The molecule has 21 aromatic rings. The molecule has 8 heterocycles. The van der Waals surface area contributed by atoms with Crippen LogP contribution in [0.4, 0.5) is 0 Å². The van der Waals surface area contributed by atoms with Crippen LogP contribution in [0.25, 0.3) is 202 Å². The second-order valence-corrected chi connectivity index (χ2v) is 27.2. The van der Waals surface area contributed by atoms with Gasteiger partial charge in [-0.05, 0) is 87.1 Å². The van der Waals surface area contributed by atoms with Crippen LogP contribution in [0.2, 0.25) is 5.28 Å². The lowest BCUT2D eigenvalue weighted by Gasteiger charge is -2.12. The fourth-order valence-electron chi connectivity index (χ4n) is 14.9. The summed E-state index contributed by atoms with van der Waals surface area (Å²) in [5, 5.41) is 18.0. The smallest absolute Gasteiger partial charge is 0.238 e. The number of allylic oxidation sites excluding steroid dienone is 2. The summed E-state index contributed by atoms with van der Waals surface area (Å²) in [5.41, 5.74) is 16.7. The van der Waals surface area contributed by atoms with Gasteiger partial charge in [-0.15, -0.1) is 22.7 Å². The van der Waals surface area contributed by atoms with Crippen molar-refractivity contribution in [2.75, 3.05) is 0 Å². The van der Waals surface area contributed by atoms with Gasteiger partial charge >= 0.3 is 0 Å². The van der Waals surface area contributed by atoms with Gasteiger partial charge < -0.3 is 8.83 Å². The van der Waals surface area contributed by atoms with Crippen molar-refractivity contribution in [3.63, 3.8) is 0 Å². The zero-order chi connectivity index (χ0) is 65.2. The lowest BCUT2D eigenvalue weighted by atomic mass is 9.98. The molecule has 0 spiro atoms. The number of furan rings is 2. The normalized spacial score (nSPS) is 12.1. The number of rotatable bonds is 5. The van der Waals surface area contributed by atoms with Crippen molar-refractivity contribution < 1.29 is 8.83 Å². The molecule has 13 aromatic carbocycles. The van der Waals surface area contributed by atoms with Crippen LogP contribution in [0.3, 0.4) is 0 Å². The summed E-state index contributed by atoms with van der Waals surface area (Å²) in [5.74, 6) is 0.588. The van der Waals surface area contributed by atoms with Gasteiger partial charge in [-0.2, -0.15) is 9.97 Å². The van der Waals surface area contributed by atoms with Crippen LogP contribution in [-0.4, -0.2) is 29.5 Å². The zero-order valence-electron chi connectivity index (χ0n) is 52.5. The van der Waals surface area contributed by atoms with Gasteiger partial charge in [0.25, 0.3) is 0 Å². The first-order chi connectivity index (χ1) is 49.0. The fourth-order valence-corrected chi connectivity index (χ4v) is 17.6. The first-order valence-electron chi connectivity index (χ1n) is 32.8. The number of halogens is 1. The van der Waals surface area contributed by atoms with Crippen molar-refractivity contribution in [1.29, 1.82) is 0 Å². The topological polar surface area (TPSA) is 98.6 Å². The number of fused-ring (bicyclic) bond motifs is 26. The number of nitrogens with zero attached hydrogens (tertiary/aromatic N) is 5. The summed E-state index contributed by atoms with van der Waals surface area (Å²) < 4.78 is 19.9. The Hall–Kier alpha value is -12.4. The molecular weight excluding hydrogens is 1270 g/mol. The van der Waals surface area contributed by atoms with E-state index in [0.29, 0.717) is 17.4 Å². The van der Waals surface area contributed by atoms with Crippen molar-refractivity contribution in [2.24, 2.45) is 0 Å². The Morgan fingerprint density at radius 3 is 1.45 bits per heavy atom.